The monoisotopic (exact) mass is 230 g/mol. The molecule has 1 heterocycles. The smallest absolute Gasteiger partial charge is 0.129 e. The van der Waals surface area contributed by atoms with Gasteiger partial charge in [-0.05, 0) is 25.7 Å². The first-order valence-corrected chi connectivity index (χ1v) is 6.04. The van der Waals surface area contributed by atoms with E-state index in [1.165, 1.54) is 5.56 Å². The van der Waals surface area contributed by atoms with Gasteiger partial charge in [0, 0.05) is 24.2 Å². The maximum atomic E-state index is 5.69. The van der Waals surface area contributed by atoms with Crippen molar-refractivity contribution in [3.05, 3.63) is 29.0 Å². The summed E-state index contributed by atoms with van der Waals surface area (Å²) in [6.45, 7) is 1.12. The minimum atomic E-state index is 0.562. The van der Waals surface area contributed by atoms with Gasteiger partial charge in [0.25, 0.3) is 0 Å². The molecule has 0 aliphatic carbocycles. The number of aromatic nitrogens is 1. The second kappa shape index (κ2) is 6.27. The molecule has 1 aromatic rings. The molecule has 1 rings (SSSR count). The molecular formula is C10H15ClN2S. The van der Waals surface area contributed by atoms with Crippen LogP contribution < -0.4 is 0 Å². The molecule has 14 heavy (non-hydrogen) atoms. The Bertz CT molecular complexity index is 261. The fourth-order valence-corrected chi connectivity index (χ4v) is 2.09. The Morgan fingerprint density at radius 3 is 2.79 bits per heavy atom. The SMILES string of the molecule is CN(C)CCSCc1ccc(Cl)nc1. The van der Waals surface area contributed by atoms with Crippen molar-refractivity contribution >= 4 is 23.4 Å². The van der Waals surface area contributed by atoms with Crippen LogP contribution in [0.3, 0.4) is 0 Å². The van der Waals surface area contributed by atoms with Gasteiger partial charge in [0.05, 0.1) is 0 Å². The van der Waals surface area contributed by atoms with Crippen molar-refractivity contribution in [3.8, 4) is 0 Å². The lowest BCUT2D eigenvalue weighted by Crippen LogP contribution is -2.14. The van der Waals surface area contributed by atoms with Crippen molar-refractivity contribution in [2.24, 2.45) is 0 Å². The maximum absolute atomic E-state index is 5.69. The van der Waals surface area contributed by atoms with Crippen molar-refractivity contribution in [1.29, 1.82) is 0 Å². The summed E-state index contributed by atoms with van der Waals surface area (Å²) in [6, 6.07) is 3.86. The van der Waals surface area contributed by atoms with E-state index in [9.17, 15) is 0 Å². The van der Waals surface area contributed by atoms with E-state index in [0.29, 0.717) is 5.15 Å². The molecule has 0 amide bonds. The Kier molecular flexibility index (Phi) is 5.30. The van der Waals surface area contributed by atoms with Crippen LogP contribution >= 0.6 is 23.4 Å². The van der Waals surface area contributed by atoms with E-state index >= 15 is 0 Å². The van der Waals surface area contributed by atoms with E-state index < -0.39 is 0 Å². The lowest BCUT2D eigenvalue weighted by Gasteiger charge is -2.08. The van der Waals surface area contributed by atoms with Crippen molar-refractivity contribution in [2.75, 3.05) is 26.4 Å². The predicted octanol–water partition coefficient (Wildman–Crippen LogP) is 2.53. The third-order valence-corrected chi connectivity index (χ3v) is 2.97. The first kappa shape index (κ1) is 11.8. The third kappa shape index (κ3) is 4.84. The second-order valence-electron chi connectivity index (χ2n) is 3.35. The number of pyridine rings is 1. The van der Waals surface area contributed by atoms with Crippen LogP contribution in [-0.2, 0) is 5.75 Å². The van der Waals surface area contributed by atoms with Crippen LogP contribution in [0.5, 0.6) is 0 Å². The van der Waals surface area contributed by atoms with Crippen LogP contribution in [0.15, 0.2) is 18.3 Å². The van der Waals surface area contributed by atoms with Gasteiger partial charge in [0.1, 0.15) is 5.15 Å². The van der Waals surface area contributed by atoms with E-state index in [2.05, 4.69) is 24.0 Å². The fraction of sp³-hybridized carbons (Fsp3) is 0.500. The number of nitrogens with zero attached hydrogens (tertiary/aromatic N) is 2. The highest BCUT2D eigenvalue weighted by atomic mass is 35.5. The molecule has 0 unspecified atom stereocenters. The summed E-state index contributed by atoms with van der Waals surface area (Å²) in [4.78, 5) is 6.22. The van der Waals surface area contributed by atoms with E-state index in [4.69, 9.17) is 11.6 Å². The molecule has 0 N–H and O–H groups in total. The van der Waals surface area contributed by atoms with Gasteiger partial charge < -0.3 is 4.90 Å². The molecule has 0 atom stereocenters. The lowest BCUT2D eigenvalue weighted by atomic mass is 10.3. The van der Waals surface area contributed by atoms with Crippen molar-refractivity contribution in [2.45, 2.75) is 5.75 Å². The Morgan fingerprint density at radius 1 is 1.43 bits per heavy atom. The van der Waals surface area contributed by atoms with E-state index in [1.807, 2.05) is 30.1 Å². The second-order valence-corrected chi connectivity index (χ2v) is 4.84. The van der Waals surface area contributed by atoms with Gasteiger partial charge in [-0.2, -0.15) is 11.8 Å². The zero-order valence-corrected chi connectivity index (χ0v) is 10.1. The highest BCUT2D eigenvalue weighted by molar-refractivity contribution is 7.98. The van der Waals surface area contributed by atoms with Gasteiger partial charge in [-0.25, -0.2) is 4.98 Å². The molecule has 0 radical (unpaired) electrons. The Hall–Kier alpha value is -0.250. The zero-order chi connectivity index (χ0) is 10.4. The molecule has 4 heteroatoms. The molecule has 2 nitrogen and oxygen atoms in total. The van der Waals surface area contributed by atoms with Crippen LogP contribution in [-0.4, -0.2) is 36.3 Å². The summed E-state index contributed by atoms with van der Waals surface area (Å²) < 4.78 is 0. The molecule has 0 spiro atoms. The highest BCUT2D eigenvalue weighted by Crippen LogP contribution is 2.12. The first-order valence-electron chi connectivity index (χ1n) is 4.51. The summed E-state index contributed by atoms with van der Waals surface area (Å²) in [5.41, 5.74) is 1.23. The summed E-state index contributed by atoms with van der Waals surface area (Å²) in [5, 5.41) is 0.562. The van der Waals surface area contributed by atoms with Crippen LogP contribution in [0, 0.1) is 0 Å². The van der Waals surface area contributed by atoms with Crippen molar-refractivity contribution in [3.63, 3.8) is 0 Å². The summed E-state index contributed by atoms with van der Waals surface area (Å²) >= 11 is 7.61. The number of hydrogen-bond acceptors (Lipinski definition) is 3. The quantitative estimate of drug-likeness (QED) is 0.571. The average molecular weight is 231 g/mol. The molecule has 0 saturated carbocycles. The molecule has 78 valence electrons. The van der Waals surface area contributed by atoms with E-state index in [-0.39, 0.29) is 0 Å². The molecule has 0 aliphatic rings. The normalized spacial score (nSPS) is 10.9. The average Bonchev–Trinajstić information content (AvgIpc) is 2.15. The highest BCUT2D eigenvalue weighted by Gasteiger charge is 1.95. The Labute approximate surface area is 94.7 Å². The summed E-state index contributed by atoms with van der Waals surface area (Å²) in [6.07, 6.45) is 1.84. The van der Waals surface area contributed by atoms with Gasteiger partial charge in [-0.15, -0.1) is 0 Å². The van der Waals surface area contributed by atoms with Gasteiger partial charge >= 0.3 is 0 Å². The molecular weight excluding hydrogens is 216 g/mol. The summed E-state index contributed by atoms with van der Waals surface area (Å²) in [7, 11) is 4.18. The molecule has 1 aromatic heterocycles. The van der Waals surface area contributed by atoms with Gasteiger partial charge in [0.15, 0.2) is 0 Å². The lowest BCUT2D eigenvalue weighted by molar-refractivity contribution is 0.437. The van der Waals surface area contributed by atoms with Crippen LogP contribution in [0.4, 0.5) is 0 Å². The summed E-state index contributed by atoms with van der Waals surface area (Å²) in [5.74, 6) is 2.16. The van der Waals surface area contributed by atoms with E-state index in [1.54, 1.807) is 0 Å². The van der Waals surface area contributed by atoms with Crippen molar-refractivity contribution in [1.82, 2.24) is 9.88 Å². The predicted molar refractivity (Wildman–Crippen MR) is 64.0 cm³/mol. The number of halogens is 1. The fourth-order valence-electron chi connectivity index (χ4n) is 0.929. The molecule has 0 aliphatic heterocycles. The van der Waals surface area contributed by atoms with Gasteiger partial charge in [0.2, 0.25) is 0 Å². The Balaban J connectivity index is 2.21. The minimum Gasteiger partial charge on any atom is -0.309 e. The van der Waals surface area contributed by atoms with Crippen LogP contribution in [0.25, 0.3) is 0 Å². The number of thioether (sulfide) groups is 1. The zero-order valence-electron chi connectivity index (χ0n) is 8.53. The largest absolute Gasteiger partial charge is 0.309 e. The molecule has 0 fully saturated rings. The number of hydrogen-bond donors (Lipinski definition) is 0. The van der Waals surface area contributed by atoms with E-state index in [0.717, 1.165) is 18.1 Å². The molecule has 0 saturated heterocycles. The Morgan fingerprint density at radius 2 is 2.21 bits per heavy atom. The first-order chi connectivity index (χ1) is 6.68. The van der Waals surface area contributed by atoms with Gasteiger partial charge in [-0.3, -0.25) is 0 Å². The third-order valence-electron chi connectivity index (χ3n) is 1.74. The molecule has 0 aromatic carbocycles. The molecule has 0 bridgehead atoms. The van der Waals surface area contributed by atoms with Crippen LogP contribution in [0.1, 0.15) is 5.56 Å². The maximum Gasteiger partial charge on any atom is 0.129 e. The van der Waals surface area contributed by atoms with Crippen molar-refractivity contribution < 1.29 is 0 Å². The minimum absolute atomic E-state index is 0.562. The topological polar surface area (TPSA) is 16.1 Å². The van der Waals surface area contributed by atoms with Gasteiger partial charge in [-0.1, -0.05) is 17.7 Å². The van der Waals surface area contributed by atoms with Crippen LogP contribution in [0.2, 0.25) is 5.15 Å². The standard InChI is InChI=1S/C10H15ClN2S/c1-13(2)5-6-14-8-9-3-4-10(11)12-7-9/h3-4,7H,5-6,8H2,1-2H3. The number of rotatable bonds is 5.